The number of nitrogens with zero attached hydrogens (tertiary/aromatic N) is 3. The lowest BCUT2D eigenvalue weighted by atomic mass is 10.1. The van der Waals surface area contributed by atoms with Gasteiger partial charge in [0.15, 0.2) is 0 Å². The Kier molecular flexibility index (Phi) is 6.95. The van der Waals surface area contributed by atoms with Crippen molar-refractivity contribution in [1.29, 1.82) is 0 Å². The summed E-state index contributed by atoms with van der Waals surface area (Å²) in [6.07, 6.45) is 4.28. The molecule has 5 rings (SSSR count). The molecule has 0 radical (unpaired) electrons. The number of hydrogen-bond acceptors (Lipinski definition) is 7. The van der Waals surface area contributed by atoms with Crippen LogP contribution in [0.25, 0.3) is 10.2 Å². The standard InChI is InChI=1S/C25H29N3O5S2/c1-32-20-7-10-23-22(17-20)26-25(34-23)33-19-11-15-27(16-12-19)24(29)18-5-8-21(9-6-18)35(30,31)28-13-3-2-4-14-28/h5-10,17,19H,2-4,11-16H2,1H3. The summed E-state index contributed by atoms with van der Waals surface area (Å²) < 4.78 is 39.7. The van der Waals surface area contributed by atoms with Crippen LogP contribution < -0.4 is 9.47 Å². The molecule has 1 aromatic heterocycles. The first-order chi connectivity index (χ1) is 16.9. The molecular weight excluding hydrogens is 486 g/mol. The van der Waals surface area contributed by atoms with Gasteiger partial charge in [-0.3, -0.25) is 4.79 Å². The van der Waals surface area contributed by atoms with Gasteiger partial charge in [0.25, 0.3) is 11.1 Å². The number of carbonyl (C=O) groups excluding carboxylic acids is 1. The number of thiazole rings is 1. The fraction of sp³-hybridized carbons (Fsp3) is 0.440. The highest BCUT2D eigenvalue weighted by Crippen LogP contribution is 2.32. The number of piperidine rings is 2. The zero-order valence-corrected chi connectivity index (χ0v) is 21.3. The highest BCUT2D eigenvalue weighted by atomic mass is 32.2. The molecule has 10 heteroatoms. The first-order valence-electron chi connectivity index (χ1n) is 11.9. The lowest BCUT2D eigenvalue weighted by Crippen LogP contribution is -2.41. The average molecular weight is 516 g/mol. The number of methoxy groups -OCH3 is 1. The molecule has 0 N–H and O–H groups in total. The van der Waals surface area contributed by atoms with E-state index in [0.29, 0.717) is 49.8 Å². The number of rotatable bonds is 6. The maximum absolute atomic E-state index is 13.0. The monoisotopic (exact) mass is 515 g/mol. The minimum absolute atomic E-state index is 0.00132. The van der Waals surface area contributed by atoms with Gasteiger partial charge in [-0.1, -0.05) is 17.8 Å². The van der Waals surface area contributed by atoms with Crippen molar-refractivity contribution in [2.75, 3.05) is 33.3 Å². The fourth-order valence-electron chi connectivity index (χ4n) is 4.59. The summed E-state index contributed by atoms with van der Waals surface area (Å²) in [5.74, 6) is 0.677. The molecule has 2 aliphatic heterocycles. The Bertz CT molecular complexity index is 1290. The Morgan fingerprint density at radius 1 is 1.00 bits per heavy atom. The second kappa shape index (κ2) is 10.1. The molecule has 0 atom stereocenters. The van der Waals surface area contributed by atoms with Crippen LogP contribution in [0.3, 0.4) is 0 Å². The molecule has 3 aromatic rings. The molecule has 3 heterocycles. The highest BCUT2D eigenvalue weighted by Gasteiger charge is 2.28. The van der Waals surface area contributed by atoms with Crippen LogP contribution in [0.4, 0.5) is 0 Å². The van der Waals surface area contributed by atoms with Crippen LogP contribution in [0.2, 0.25) is 0 Å². The molecule has 0 unspecified atom stereocenters. The van der Waals surface area contributed by atoms with Gasteiger partial charge in [-0.15, -0.1) is 0 Å². The second-order valence-corrected chi connectivity index (χ2v) is 11.8. The first kappa shape index (κ1) is 24.0. The number of amides is 1. The lowest BCUT2D eigenvalue weighted by molar-refractivity contribution is 0.0595. The maximum atomic E-state index is 13.0. The summed E-state index contributed by atoms with van der Waals surface area (Å²) in [7, 11) is -1.87. The van der Waals surface area contributed by atoms with Crippen molar-refractivity contribution in [3.05, 3.63) is 48.0 Å². The van der Waals surface area contributed by atoms with Crippen molar-refractivity contribution >= 4 is 37.5 Å². The van der Waals surface area contributed by atoms with E-state index in [1.807, 2.05) is 18.2 Å². The Balaban J connectivity index is 1.17. The maximum Gasteiger partial charge on any atom is 0.274 e. The molecule has 8 nitrogen and oxygen atoms in total. The molecule has 0 saturated carbocycles. The van der Waals surface area contributed by atoms with Gasteiger partial charge in [0.1, 0.15) is 11.9 Å². The highest BCUT2D eigenvalue weighted by molar-refractivity contribution is 7.89. The summed E-state index contributed by atoms with van der Waals surface area (Å²) >= 11 is 1.51. The largest absolute Gasteiger partial charge is 0.497 e. The lowest BCUT2D eigenvalue weighted by Gasteiger charge is -2.31. The van der Waals surface area contributed by atoms with Crippen molar-refractivity contribution < 1.29 is 22.7 Å². The molecule has 35 heavy (non-hydrogen) atoms. The van der Waals surface area contributed by atoms with E-state index in [1.54, 1.807) is 40.6 Å². The number of benzene rings is 2. The zero-order chi connectivity index (χ0) is 24.4. The van der Waals surface area contributed by atoms with E-state index in [-0.39, 0.29) is 16.9 Å². The summed E-state index contributed by atoms with van der Waals surface area (Å²) in [5, 5.41) is 0.628. The number of hydrogen-bond donors (Lipinski definition) is 0. The molecular formula is C25H29N3O5S2. The number of ether oxygens (including phenoxy) is 2. The third kappa shape index (κ3) is 5.14. The number of likely N-dealkylation sites (tertiary alicyclic amines) is 1. The minimum atomic E-state index is -3.50. The van der Waals surface area contributed by atoms with Crippen molar-refractivity contribution in [3.8, 4) is 10.9 Å². The molecule has 2 aliphatic rings. The zero-order valence-electron chi connectivity index (χ0n) is 19.7. The van der Waals surface area contributed by atoms with E-state index in [2.05, 4.69) is 4.98 Å². The normalized spacial score (nSPS) is 18.0. The van der Waals surface area contributed by atoms with E-state index in [1.165, 1.54) is 11.3 Å². The van der Waals surface area contributed by atoms with Gasteiger partial charge in [0, 0.05) is 50.7 Å². The van der Waals surface area contributed by atoms with Gasteiger partial charge in [-0.2, -0.15) is 4.31 Å². The van der Waals surface area contributed by atoms with Gasteiger partial charge < -0.3 is 14.4 Å². The van der Waals surface area contributed by atoms with E-state index >= 15 is 0 Å². The van der Waals surface area contributed by atoms with Crippen molar-refractivity contribution in [2.24, 2.45) is 0 Å². The summed E-state index contributed by atoms with van der Waals surface area (Å²) in [5.41, 5.74) is 1.35. The minimum Gasteiger partial charge on any atom is -0.497 e. The SMILES string of the molecule is COc1ccc2sc(OC3CCN(C(=O)c4ccc(S(=O)(=O)N5CCCCC5)cc4)CC3)nc2c1. The van der Waals surface area contributed by atoms with Gasteiger partial charge in [0.05, 0.1) is 22.2 Å². The smallest absolute Gasteiger partial charge is 0.274 e. The van der Waals surface area contributed by atoms with Crippen molar-refractivity contribution in [3.63, 3.8) is 0 Å². The van der Waals surface area contributed by atoms with Crippen LogP contribution >= 0.6 is 11.3 Å². The topological polar surface area (TPSA) is 89.0 Å². The summed E-state index contributed by atoms with van der Waals surface area (Å²) in [4.78, 5) is 19.6. The van der Waals surface area contributed by atoms with Gasteiger partial charge >= 0.3 is 0 Å². The van der Waals surface area contributed by atoms with E-state index < -0.39 is 10.0 Å². The van der Waals surface area contributed by atoms with Crippen LogP contribution in [0.1, 0.15) is 42.5 Å². The Morgan fingerprint density at radius 2 is 1.71 bits per heavy atom. The van der Waals surface area contributed by atoms with Gasteiger partial charge in [0.2, 0.25) is 10.0 Å². The summed E-state index contributed by atoms with van der Waals surface area (Å²) in [6, 6.07) is 12.1. The predicted molar refractivity (Wildman–Crippen MR) is 135 cm³/mol. The second-order valence-electron chi connectivity index (χ2n) is 8.91. The van der Waals surface area contributed by atoms with E-state index in [9.17, 15) is 13.2 Å². The van der Waals surface area contributed by atoms with Gasteiger partial charge in [-0.25, -0.2) is 13.4 Å². The Labute approximate surface area is 209 Å². The molecule has 2 fully saturated rings. The number of sulfonamides is 1. The molecule has 0 aliphatic carbocycles. The van der Waals surface area contributed by atoms with Crippen molar-refractivity contribution in [1.82, 2.24) is 14.2 Å². The third-order valence-corrected chi connectivity index (χ3v) is 9.47. The fourth-order valence-corrected chi connectivity index (χ4v) is 6.97. The van der Waals surface area contributed by atoms with Crippen LogP contribution in [-0.4, -0.2) is 67.9 Å². The Morgan fingerprint density at radius 3 is 2.40 bits per heavy atom. The van der Waals surface area contributed by atoms with E-state index in [0.717, 1.165) is 35.2 Å². The van der Waals surface area contributed by atoms with Crippen LogP contribution in [0.5, 0.6) is 10.9 Å². The molecule has 2 saturated heterocycles. The quantitative estimate of drug-likeness (QED) is 0.490. The van der Waals surface area contributed by atoms with Gasteiger partial charge in [-0.05, 0) is 49.2 Å². The van der Waals surface area contributed by atoms with Crippen LogP contribution in [0, 0.1) is 0 Å². The Hall–Kier alpha value is -2.69. The van der Waals surface area contributed by atoms with Crippen LogP contribution in [-0.2, 0) is 10.0 Å². The predicted octanol–water partition coefficient (Wildman–Crippen LogP) is 4.16. The van der Waals surface area contributed by atoms with Crippen LogP contribution in [0.15, 0.2) is 47.4 Å². The third-order valence-electron chi connectivity index (χ3n) is 6.63. The number of fused-ring (bicyclic) bond motifs is 1. The average Bonchev–Trinajstić information content (AvgIpc) is 3.30. The summed E-state index contributed by atoms with van der Waals surface area (Å²) in [6.45, 7) is 2.28. The molecule has 2 aromatic carbocycles. The molecule has 0 bridgehead atoms. The van der Waals surface area contributed by atoms with E-state index in [4.69, 9.17) is 9.47 Å². The molecule has 0 spiro atoms. The van der Waals surface area contributed by atoms with Crippen molar-refractivity contribution in [2.45, 2.75) is 43.1 Å². The molecule has 186 valence electrons. The number of aromatic nitrogens is 1. The first-order valence-corrected chi connectivity index (χ1v) is 14.2. The molecule has 1 amide bonds. The number of carbonyl (C=O) groups is 1.